The summed E-state index contributed by atoms with van der Waals surface area (Å²) in [5.74, 6) is -4.26. The van der Waals surface area contributed by atoms with Gasteiger partial charge in [-0.15, -0.1) is 0 Å². The molecular weight excluding hydrogens is 432 g/mol. The Morgan fingerprint density at radius 3 is 2.47 bits per heavy atom. The maximum absolute atomic E-state index is 13.2. The number of methoxy groups -OCH3 is 1. The van der Waals surface area contributed by atoms with Gasteiger partial charge in [0.2, 0.25) is 11.8 Å². The predicted octanol–water partition coefficient (Wildman–Crippen LogP) is 1.53. The molecule has 2 aromatic rings. The third-order valence-corrected chi connectivity index (χ3v) is 7.32. The second kappa shape index (κ2) is 7.73. The molecule has 0 spiro atoms. The zero-order chi connectivity index (χ0) is 21.6. The van der Waals surface area contributed by atoms with Gasteiger partial charge in [0.05, 0.1) is 40.8 Å². The molecule has 156 valence electrons. The number of thioether (sulfide) groups is 1. The molecule has 3 atom stereocenters. The van der Waals surface area contributed by atoms with Crippen molar-refractivity contribution >= 4 is 52.5 Å². The minimum absolute atomic E-state index is 0.228. The Kier molecular flexibility index (Phi) is 5.24. The molecule has 1 N–H and O–H groups in total. The van der Waals surface area contributed by atoms with Crippen LogP contribution in [0.4, 0.5) is 5.69 Å². The second-order valence-corrected chi connectivity index (χ2v) is 8.72. The largest absolute Gasteiger partial charge is 0.469 e. The number of nitrogens with zero attached hydrogens (tertiary/aromatic N) is 1. The molecule has 4 rings (SSSR count). The average molecular weight is 448 g/mol. The number of esters is 2. The van der Waals surface area contributed by atoms with E-state index in [0.29, 0.717) is 15.5 Å². The normalized spacial score (nSPS) is 22.5. The molecule has 9 nitrogen and oxygen atoms in total. The highest BCUT2D eigenvalue weighted by Crippen LogP contribution is 2.51. The number of H-pyrrole nitrogens is 1. The number of aromatic amines is 1. The molecule has 1 aromatic carbocycles. The summed E-state index contributed by atoms with van der Waals surface area (Å²) in [7, 11) is 1.20. The Morgan fingerprint density at radius 1 is 1.13 bits per heavy atom. The number of hydrogen-bond donors (Lipinski definition) is 1. The Balaban J connectivity index is 1.70. The lowest BCUT2D eigenvalue weighted by Gasteiger charge is -2.27. The Morgan fingerprint density at radius 2 is 1.83 bits per heavy atom. The van der Waals surface area contributed by atoms with Crippen LogP contribution in [0.1, 0.15) is 28.1 Å². The summed E-state index contributed by atoms with van der Waals surface area (Å²) in [5, 5.41) is -0.466. The topological polar surface area (TPSA) is 123 Å². The van der Waals surface area contributed by atoms with E-state index in [1.807, 2.05) is 0 Å². The number of benzene rings is 1. The molecule has 11 heteroatoms. The summed E-state index contributed by atoms with van der Waals surface area (Å²) in [5.41, 5.74) is 0.576. The number of rotatable bonds is 4. The van der Waals surface area contributed by atoms with Gasteiger partial charge in [-0.05, 0) is 31.2 Å². The fraction of sp³-hybridized carbons (Fsp3) is 0.316. The van der Waals surface area contributed by atoms with Crippen LogP contribution in [0.5, 0.6) is 0 Å². The monoisotopic (exact) mass is 448 g/mol. The van der Waals surface area contributed by atoms with Crippen LogP contribution >= 0.6 is 23.1 Å². The lowest BCUT2D eigenvalue weighted by Crippen LogP contribution is -2.35. The van der Waals surface area contributed by atoms with E-state index < -0.39 is 40.8 Å². The van der Waals surface area contributed by atoms with Crippen LogP contribution in [0.15, 0.2) is 34.1 Å². The summed E-state index contributed by atoms with van der Waals surface area (Å²) in [6.45, 7) is 1.92. The molecule has 0 aliphatic carbocycles. The minimum Gasteiger partial charge on any atom is -0.469 e. The highest BCUT2D eigenvalue weighted by Gasteiger charge is 2.58. The van der Waals surface area contributed by atoms with Crippen LogP contribution in [-0.4, -0.2) is 47.7 Å². The number of imide groups is 1. The average Bonchev–Trinajstić information content (AvgIpc) is 3.22. The highest BCUT2D eigenvalue weighted by atomic mass is 32.2. The fourth-order valence-corrected chi connectivity index (χ4v) is 6.09. The quantitative estimate of drug-likeness (QED) is 0.552. The number of thiazole rings is 1. The molecule has 1 saturated heterocycles. The van der Waals surface area contributed by atoms with Gasteiger partial charge in [-0.3, -0.25) is 19.2 Å². The summed E-state index contributed by atoms with van der Waals surface area (Å²) >= 11 is 1.90. The van der Waals surface area contributed by atoms with Crippen molar-refractivity contribution in [1.82, 2.24) is 4.98 Å². The molecule has 1 aromatic heterocycles. The van der Waals surface area contributed by atoms with E-state index in [0.717, 1.165) is 28.0 Å². The van der Waals surface area contributed by atoms with Gasteiger partial charge in [0.1, 0.15) is 11.2 Å². The summed E-state index contributed by atoms with van der Waals surface area (Å²) in [4.78, 5) is 66.1. The maximum atomic E-state index is 13.2. The SMILES string of the molecule is CCOC(=O)c1ccc(N2C(=O)[C@@H]3[C@H](Sc4[nH]c(=O)sc4[C@@H]3C(=O)OC)C2=O)cc1. The van der Waals surface area contributed by atoms with Crippen molar-refractivity contribution < 1.29 is 28.7 Å². The zero-order valence-corrected chi connectivity index (χ0v) is 17.5. The van der Waals surface area contributed by atoms with Crippen LogP contribution in [0.2, 0.25) is 0 Å². The molecule has 2 amide bonds. The first-order chi connectivity index (χ1) is 14.4. The molecule has 3 heterocycles. The number of nitrogens with one attached hydrogen (secondary N) is 1. The van der Waals surface area contributed by atoms with Gasteiger partial charge in [-0.1, -0.05) is 23.1 Å². The third kappa shape index (κ3) is 3.14. The highest BCUT2D eigenvalue weighted by molar-refractivity contribution is 8.00. The van der Waals surface area contributed by atoms with E-state index >= 15 is 0 Å². The minimum atomic E-state index is -1.04. The van der Waals surface area contributed by atoms with Crippen molar-refractivity contribution in [2.24, 2.45) is 5.92 Å². The molecular formula is C19H16N2O7S2. The van der Waals surface area contributed by atoms with Gasteiger partial charge in [0, 0.05) is 0 Å². The standard InChI is InChI=1S/C19H16N2O7S2/c1-3-28-17(24)8-4-6-9(7-5-8)21-15(22)10-11(18(25)27-2)12-14(20-19(26)30-12)29-13(10)16(21)23/h4-7,10-11,13H,3H2,1-2H3,(H,20,26)/t10-,11+,13-/m0/s1. The number of carbonyl (C=O) groups excluding carboxylic acids is 4. The number of aromatic nitrogens is 1. The Bertz CT molecular complexity index is 1100. The summed E-state index contributed by atoms with van der Waals surface area (Å²) in [6, 6.07) is 5.90. The van der Waals surface area contributed by atoms with E-state index in [-0.39, 0.29) is 17.2 Å². The number of fused-ring (bicyclic) bond motifs is 2. The predicted molar refractivity (Wildman–Crippen MR) is 108 cm³/mol. The molecule has 2 aliphatic rings. The third-order valence-electron chi connectivity index (χ3n) is 4.92. The van der Waals surface area contributed by atoms with E-state index in [1.165, 1.54) is 31.4 Å². The molecule has 0 bridgehead atoms. The van der Waals surface area contributed by atoms with E-state index in [4.69, 9.17) is 9.47 Å². The maximum Gasteiger partial charge on any atom is 0.338 e. The van der Waals surface area contributed by atoms with E-state index in [2.05, 4.69) is 4.98 Å². The van der Waals surface area contributed by atoms with Crippen LogP contribution in [0, 0.1) is 5.92 Å². The Labute approximate surface area is 178 Å². The molecule has 0 unspecified atom stereocenters. The van der Waals surface area contributed by atoms with Crippen molar-refractivity contribution in [1.29, 1.82) is 0 Å². The van der Waals surface area contributed by atoms with Crippen molar-refractivity contribution in [3.63, 3.8) is 0 Å². The van der Waals surface area contributed by atoms with Crippen LogP contribution < -0.4 is 9.77 Å². The van der Waals surface area contributed by atoms with Gasteiger partial charge in [-0.2, -0.15) is 0 Å². The summed E-state index contributed by atoms with van der Waals surface area (Å²) < 4.78 is 9.80. The van der Waals surface area contributed by atoms with Crippen LogP contribution in [0.3, 0.4) is 0 Å². The lowest BCUT2D eigenvalue weighted by molar-refractivity contribution is -0.145. The van der Waals surface area contributed by atoms with Crippen molar-refractivity contribution in [3.05, 3.63) is 44.4 Å². The van der Waals surface area contributed by atoms with Gasteiger partial charge in [0.15, 0.2) is 0 Å². The van der Waals surface area contributed by atoms with Crippen molar-refractivity contribution in [2.45, 2.75) is 23.1 Å². The van der Waals surface area contributed by atoms with E-state index in [1.54, 1.807) is 6.92 Å². The van der Waals surface area contributed by atoms with Gasteiger partial charge in [-0.25, -0.2) is 9.69 Å². The first-order valence-electron chi connectivity index (χ1n) is 8.99. The van der Waals surface area contributed by atoms with E-state index in [9.17, 15) is 24.0 Å². The smallest absolute Gasteiger partial charge is 0.338 e. The number of ether oxygens (including phenoxy) is 2. The number of hydrogen-bond acceptors (Lipinski definition) is 9. The first kappa shape index (κ1) is 20.4. The van der Waals surface area contributed by atoms with Crippen LogP contribution in [-0.2, 0) is 23.9 Å². The number of carbonyl (C=O) groups is 4. The van der Waals surface area contributed by atoms with Gasteiger partial charge in [0.25, 0.3) is 0 Å². The van der Waals surface area contributed by atoms with Gasteiger partial charge >= 0.3 is 16.8 Å². The van der Waals surface area contributed by atoms with Crippen molar-refractivity contribution in [3.8, 4) is 0 Å². The van der Waals surface area contributed by atoms with Crippen molar-refractivity contribution in [2.75, 3.05) is 18.6 Å². The molecule has 1 fully saturated rings. The second-order valence-electron chi connectivity index (χ2n) is 6.55. The number of anilines is 1. The van der Waals surface area contributed by atoms with Gasteiger partial charge < -0.3 is 14.5 Å². The molecule has 2 aliphatic heterocycles. The Hall–Kier alpha value is -2.92. The molecule has 30 heavy (non-hydrogen) atoms. The molecule has 0 radical (unpaired) electrons. The first-order valence-corrected chi connectivity index (χ1v) is 10.7. The lowest BCUT2D eigenvalue weighted by atomic mass is 9.89. The van der Waals surface area contributed by atoms with Crippen LogP contribution in [0.25, 0.3) is 0 Å². The number of amides is 2. The summed E-state index contributed by atoms with van der Waals surface area (Å²) in [6.07, 6.45) is 0. The fourth-order valence-electron chi connectivity index (χ4n) is 3.61. The molecule has 0 saturated carbocycles. The zero-order valence-electron chi connectivity index (χ0n) is 15.9.